The molecule has 0 saturated heterocycles. The van der Waals surface area contributed by atoms with Gasteiger partial charge in [0.1, 0.15) is 6.61 Å². The zero-order valence-electron chi connectivity index (χ0n) is 6.92. The van der Waals surface area contributed by atoms with E-state index in [4.69, 9.17) is 15.9 Å². The Morgan fingerprint density at radius 2 is 2.00 bits per heavy atom. The van der Waals surface area contributed by atoms with Gasteiger partial charge in [-0.05, 0) is 0 Å². The number of carbonyl (C=O) groups is 1. The number of nitrogens with zero attached hydrogens (tertiary/aromatic N) is 1. The van der Waals surface area contributed by atoms with Crippen LogP contribution in [-0.4, -0.2) is 48.4 Å². The molecule has 0 heterocycles. The molecule has 0 aliphatic rings. The first-order valence-electron chi connectivity index (χ1n) is 3.15. The molecule has 0 saturated carbocycles. The Morgan fingerprint density at radius 1 is 1.50 bits per heavy atom. The van der Waals surface area contributed by atoms with E-state index in [2.05, 4.69) is 4.74 Å². The first-order chi connectivity index (χ1) is 5.49. The molecule has 0 aromatic carbocycles. The third-order valence-corrected chi connectivity index (χ3v) is 0.969. The summed E-state index contributed by atoms with van der Waals surface area (Å²) in [5.41, 5.74) is 0. The Labute approximate surface area is 69.8 Å². The fourth-order valence-corrected chi connectivity index (χ4v) is 0.402. The highest BCUT2D eigenvalue weighted by atomic mass is 16.5. The molecule has 6 nitrogen and oxygen atoms in total. The zero-order chi connectivity index (χ0) is 9.72. The van der Waals surface area contributed by atoms with Gasteiger partial charge in [-0.3, -0.25) is 15.6 Å². The minimum atomic E-state index is -0.668. The van der Waals surface area contributed by atoms with Crippen molar-refractivity contribution in [2.45, 2.75) is 0 Å². The number of aliphatic hydroxyl groups excluding tert-OH is 1. The fourth-order valence-electron chi connectivity index (χ4n) is 0.402. The molecule has 12 heavy (non-hydrogen) atoms. The van der Waals surface area contributed by atoms with Crippen molar-refractivity contribution in [3.8, 4) is 0 Å². The van der Waals surface area contributed by atoms with Gasteiger partial charge < -0.3 is 14.7 Å². The van der Waals surface area contributed by atoms with Crippen LogP contribution in [-0.2, 0) is 9.53 Å². The molecule has 3 N–H and O–H groups in total. The number of aliphatic hydroxyl groups is 1. The smallest absolute Gasteiger partial charge is 0.308 e. The molecular weight excluding hydrogens is 162 g/mol. The number of ether oxygens (including phenoxy) is 1. The van der Waals surface area contributed by atoms with E-state index in [0.29, 0.717) is 0 Å². The van der Waals surface area contributed by atoms with Crippen LogP contribution in [0.15, 0.2) is 0 Å². The van der Waals surface area contributed by atoms with Gasteiger partial charge in [-0.25, -0.2) is 0 Å². The summed E-state index contributed by atoms with van der Waals surface area (Å²) in [6.07, 6.45) is 0. The van der Waals surface area contributed by atoms with E-state index in [9.17, 15) is 4.79 Å². The number of hydrogen-bond acceptors (Lipinski definition) is 5. The number of amides is 1. The maximum absolute atomic E-state index is 10.9. The van der Waals surface area contributed by atoms with Gasteiger partial charge in [0.05, 0.1) is 0 Å². The molecule has 0 aromatic heterocycles. The monoisotopic (exact) mass is 173 g/mol. The highest BCUT2D eigenvalue weighted by molar-refractivity contribution is 6.35. The van der Waals surface area contributed by atoms with Gasteiger partial charge in [-0.1, -0.05) is 0 Å². The van der Waals surface area contributed by atoms with E-state index in [1.807, 2.05) is 0 Å². The van der Waals surface area contributed by atoms with Gasteiger partial charge in [0.2, 0.25) is 5.90 Å². The van der Waals surface area contributed by atoms with E-state index in [1.54, 1.807) is 0 Å². The van der Waals surface area contributed by atoms with Crippen molar-refractivity contribution in [2.24, 2.45) is 0 Å². The molecule has 0 radical (unpaired) electrons. The Balaban J connectivity index is 4.05. The summed E-state index contributed by atoms with van der Waals surface area (Å²) in [5.74, 6) is -1.83. The van der Waals surface area contributed by atoms with Crippen LogP contribution in [0.4, 0.5) is 0 Å². The lowest BCUT2D eigenvalue weighted by Gasteiger charge is -2.10. The topological polar surface area (TPSA) is 97.5 Å². The molecule has 0 fully saturated rings. The SMILES string of the molecule is CN(C)C(=O)C(=N)OC(=N)CO. The highest BCUT2D eigenvalue weighted by Crippen LogP contribution is 1.86. The van der Waals surface area contributed by atoms with E-state index in [-0.39, 0.29) is 0 Å². The number of hydrogen-bond donors (Lipinski definition) is 3. The third-order valence-electron chi connectivity index (χ3n) is 0.969. The molecule has 0 bridgehead atoms. The summed E-state index contributed by atoms with van der Waals surface area (Å²) in [4.78, 5) is 12.0. The molecule has 0 aromatic rings. The van der Waals surface area contributed by atoms with Gasteiger partial charge in [0.15, 0.2) is 0 Å². The van der Waals surface area contributed by atoms with Crippen LogP contribution in [0.25, 0.3) is 0 Å². The van der Waals surface area contributed by atoms with Crippen LogP contribution in [0.5, 0.6) is 0 Å². The second-order valence-electron chi connectivity index (χ2n) is 2.21. The Hall–Kier alpha value is -1.43. The van der Waals surface area contributed by atoms with Crippen LogP contribution < -0.4 is 0 Å². The molecule has 0 atom stereocenters. The summed E-state index contributed by atoms with van der Waals surface area (Å²) >= 11 is 0. The normalized spacial score (nSPS) is 8.92. The van der Waals surface area contributed by atoms with E-state index < -0.39 is 24.3 Å². The lowest BCUT2D eigenvalue weighted by molar-refractivity contribution is -0.122. The molecule has 0 aliphatic heterocycles. The van der Waals surface area contributed by atoms with Gasteiger partial charge in [-0.2, -0.15) is 0 Å². The average molecular weight is 173 g/mol. The maximum atomic E-state index is 10.9. The molecular formula is C6H11N3O3. The van der Waals surface area contributed by atoms with Crippen molar-refractivity contribution in [3.63, 3.8) is 0 Å². The minimum Gasteiger partial charge on any atom is -0.418 e. The predicted molar refractivity (Wildman–Crippen MR) is 42.3 cm³/mol. The number of likely N-dealkylation sites (N-methyl/N-ethyl adjacent to an activating group) is 1. The van der Waals surface area contributed by atoms with Crippen LogP contribution in [0.1, 0.15) is 0 Å². The number of carbonyl (C=O) groups excluding carboxylic acids is 1. The molecule has 0 spiro atoms. The number of rotatable bonds is 1. The quantitative estimate of drug-likeness (QED) is 0.352. The third kappa shape index (κ3) is 3.11. The van der Waals surface area contributed by atoms with Crippen molar-refractivity contribution >= 4 is 17.7 Å². The largest absolute Gasteiger partial charge is 0.418 e. The lowest BCUT2D eigenvalue weighted by Crippen LogP contribution is -2.32. The molecule has 68 valence electrons. The second-order valence-corrected chi connectivity index (χ2v) is 2.21. The second kappa shape index (κ2) is 4.45. The van der Waals surface area contributed by atoms with E-state index in [0.717, 1.165) is 4.90 Å². The molecule has 0 rings (SSSR count). The Bertz CT molecular complexity index is 212. The summed E-state index contributed by atoms with van der Waals surface area (Å²) in [6.45, 7) is -0.622. The first kappa shape index (κ1) is 10.6. The maximum Gasteiger partial charge on any atom is 0.308 e. The van der Waals surface area contributed by atoms with Crippen molar-refractivity contribution in [2.75, 3.05) is 20.7 Å². The highest BCUT2D eigenvalue weighted by Gasteiger charge is 2.14. The molecule has 6 heteroatoms. The fraction of sp³-hybridized carbons (Fsp3) is 0.500. The van der Waals surface area contributed by atoms with Crippen molar-refractivity contribution in [1.82, 2.24) is 4.90 Å². The van der Waals surface area contributed by atoms with Crippen LogP contribution in [0.2, 0.25) is 0 Å². The summed E-state index contributed by atoms with van der Waals surface area (Å²) in [7, 11) is 2.92. The van der Waals surface area contributed by atoms with Gasteiger partial charge in [0.25, 0.3) is 5.90 Å². The summed E-state index contributed by atoms with van der Waals surface area (Å²) in [6, 6.07) is 0. The Kier molecular flexibility index (Phi) is 3.92. The molecule has 1 amide bonds. The van der Waals surface area contributed by atoms with Crippen molar-refractivity contribution in [1.29, 1.82) is 10.8 Å². The Morgan fingerprint density at radius 3 is 2.33 bits per heavy atom. The zero-order valence-corrected chi connectivity index (χ0v) is 6.92. The number of nitrogens with one attached hydrogen (secondary N) is 2. The van der Waals surface area contributed by atoms with Crippen LogP contribution >= 0.6 is 0 Å². The van der Waals surface area contributed by atoms with Crippen molar-refractivity contribution < 1.29 is 14.6 Å². The summed E-state index contributed by atoms with van der Waals surface area (Å²) < 4.78 is 4.35. The molecule has 0 unspecified atom stereocenters. The predicted octanol–water partition coefficient (Wildman–Crippen LogP) is -0.962. The standard InChI is InChI=1S/C6H11N3O3/c1-9(2)6(11)5(8)12-4(7)3-10/h7-8,10H,3H2,1-2H3. The first-order valence-corrected chi connectivity index (χ1v) is 3.15. The van der Waals surface area contributed by atoms with Crippen molar-refractivity contribution in [3.05, 3.63) is 0 Å². The summed E-state index contributed by atoms with van der Waals surface area (Å²) in [5, 5.41) is 22.1. The molecule has 0 aliphatic carbocycles. The minimum absolute atomic E-state index is 0.518. The average Bonchev–Trinajstić information content (AvgIpc) is 2.02. The van der Waals surface area contributed by atoms with Gasteiger partial charge in [0, 0.05) is 14.1 Å². The van der Waals surface area contributed by atoms with Crippen LogP contribution in [0, 0.1) is 10.8 Å². The van der Waals surface area contributed by atoms with Gasteiger partial charge in [-0.15, -0.1) is 0 Å². The van der Waals surface area contributed by atoms with Crippen LogP contribution in [0.3, 0.4) is 0 Å². The van der Waals surface area contributed by atoms with E-state index in [1.165, 1.54) is 14.1 Å². The van der Waals surface area contributed by atoms with E-state index >= 15 is 0 Å². The van der Waals surface area contributed by atoms with Gasteiger partial charge >= 0.3 is 5.91 Å². The lowest BCUT2D eigenvalue weighted by atomic mass is 10.5.